The second-order valence-corrected chi connectivity index (χ2v) is 8.11. The van der Waals surface area contributed by atoms with Gasteiger partial charge in [0.1, 0.15) is 6.07 Å². The van der Waals surface area contributed by atoms with Crippen molar-refractivity contribution in [1.29, 1.82) is 5.26 Å². The van der Waals surface area contributed by atoms with Crippen molar-refractivity contribution >= 4 is 12.2 Å². The van der Waals surface area contributed by atoms with Gasteiger partial charge in [-0.3, -0.25) is 4.90 Å². The maximum atomic E-state index is 9.82. The third kappa shape index (κ3) is 4.70. The Kier molecular flexibility index (Phi) is 6.42. The van der Waals surface area contributed by atoms with E-state index in [0.29, 0.717) is 0 Å². The molecule has 3 aromatic carbocycles. The number of aryl methyl sites for hydroxylation is 1. The molecule has 1 saturated heterocycles. The zero-order valence-corrected chi connectivity index (χ0v) is 17.6. The summed E-state index contributed by atoms with van der Waals surface area (Å²) in [7, 11) is 0. The third-order valence-electron chi connectivity index (χ3n) is 5.92. The number of likely N-dealkylation sites (tertiary alicyclic amines) is 1. The standard InChI is InChI=1S/C28H28N2/c1-22-19-23(21-30-17-6-3-7-18-30)13-14-24(22)15-16-26-11-8-12-27(28(26)20-29)25-9-4-2-5-10-25/h2,4-5,8-16,19H,3,6-7,17-18,21H2,1H3/b16-15+. The Morgan fingerprint density at radius 1 is 0.867 bits per heavy atom. The van der Waals surface area contributed by atoms with Crippen molar-refractivity contribution in [3.8, 4) is 17.2 Å². The largest absolute Gasteiger partial charge is 0.299 e. The number of nitrogens with zero attached hydrogens (tertiary/aromatic N) is 2. The quantitative estimate of drug-likeness (QED) is 0.452. The Bertz CT molecular complexity index is 1070. The minimum atomic E-state index is 0.722. The summed E-state index contributed by atoms with van der Waals surface area (Å²) in [5, 5.41) is 9.82. The van der Waals surface area contributed by atoms with Crippen LogP contribution >= 0.6 is 0 Å². The van der Waals surface area contributed by atoms with Gasteiger partial charge in [0.25, 0.3) is 0 Å². The third-order valence-corrected chi connectivity index (χ3v) is 5.92. The van der Waals surface area contributed by atoms with Gasteiger partial charge >= 0.3 is 0 Å². The van der Waals surface area contributed by atoms with Crippen molar-refractivity contribution in [2.75, 3.05) is 13.1 Å². The number of hydrogen-bond donors (Lipinski definition) is 0. The summed E-state index contributed by atoms with van der Waals surface area (Å²) in [5.74, 6) is 0. The van der Waals surface area contributed by atoms with Crippen LogP contribution in [0.1, 0.15) is 47.1 Å². The lowest BCUT2D eigenvalue weighted by Gasteiger charge is -2.26. The molecular weight excluding hydrogens is 364 g/mol. The molecule has 2 nitrogen and oxygen atoms in total. The first-order chi connectivity index (χ1) is 14.7. The van der Waals surface area contributed by atoms with E-state index in [2.05, 4.69) is 60.4 Å². The van der Waals surface area contributed by atoms with E-state index in [-0.39, 0.29) is 0 Å². The second-order valence-electron chi connectivity index (χ2n) is 8.11. The van der Waals surface area contributed by atoms with Gasteiger partial charge in [0.15, 0.2) is 0 Å². The lowest BCUT2D eigenvalue weighted by Crippen LogP contribution is -2.29. The van der Waals surface area contributed by atoms with Crippen molar-refractivity contribution in [3.05, 3.63) is 94.5 Å². The minimum absolute atomic E-state index is 0.722. The molecule has 0 atom stereocenters. The zero-order chi connectivity index (χ0) is 20.8. The summed E-state index contributed by atoms with van der Waals surface area (Å²) in [6, 6.07) is 25.3. The second kappa shape index (κ2) is 9.57. The maximum absolute atomic E-state index is 9.82. The van der Waals surface area contributed by atoms with Crippen molar-refractivity contribution in [2.24, 2.45) is 0 Å². The normalized spacial score (nSPS) is 14.7. The Hall–Kier alpha value is -3.15. The zero-order valence-electron chi connectivity index (χ0n) is 17.6. The highest BCUT2D eigenvalue weighted by atomic mass is 15.1. The number of rotatable bonds is 5. The van der Waals surface area contributed by atoms with Gasteiger partial charge in [0.2, 0.25) is 0 Å². The van der Waals surface area contributed by atoms with Crippen molar-refractivity contribution in [2.45, 2.75) is 32.7 Å². The Morgan fingerprint density at radius 2 is 1.63 bits per heavy atom. The molecule has 1 fully saturated rings. The number of nitriles is 1. The number of piperidine rings is 1. The Balaban J connectivity index is 1.56. The van der Waals surface area contributed by atoms with Crippen LogP contribution in [0.25, 0.3) is 23.3 Å². The van der Waals surface area contributed by atoms with Gasteiger partial charge in [-0.05, 0) is 60.7 Å². The van der Waals surface area contributed by atoms with Crippen LogP contribution in [0.3, 0.4) is 0 Å². The molecule has 0 amide bonds. The van der Waals surface area contributed by atoms with Gasteiger partial charge in [-0.2, -0.15) is 5.26 Å². The van der Waals surface area contributed by atoms with Crippen molar-refractivity contribution < 1.29 is 0 Å². The van der Waals surface area contributed by atoms with Crippen molar-refractivity contribution in [1.82, 2.24) is 4.90 Å². The summed E-state index contributed by atoms with van der Waals surface area (Å²) < 4.78 is 0. The first-order valence-electron chi connectivity index (χ1n) is 10.8. The average molecular weight is 393 g/mol. The highest BCUT2D eigenvalue weighted by molar-refractivity contribution is 5.80. The fourth-order valence-electron chi connectivity index (χ4n) is 4.27. The topological polar surface area (TPSA) is 27.0 Å². The molecule has 1 heterocycles. The molecule has 150 valence electrons. The minimum Gasteiger partial charge on any atom is -0.299 e. The van der Waals surface area contributed by atoms with Crippen LogP contribution in [-0.4, -0.2) is 18.0 Å². The van der Waals surface area contributed by atoms with E-state index in [4.69, 9.17) is 0 Å². The molecule has 0 aliphatic carbocycles. The van der Waals surface area contributed by atoms with Gasteiger partial charge in [-0.15, -0.1) is 0 Å². The summed E-state index contributed by atoms with van der Waals surface area (Å²) >= 11 is 0. The van der Waals surface area contributed by atoms with Crippen LogP contribution < -0.4 is 0 Å². The highest BCUT2D eigenvalue weighted by Gasteiger charge is 2.11. The number of benzene rings is 3. The van der Waals surface area contributed by atoms with Crippen LogP contribution in [0.5, 0.6) is 0 Å². The summed E-state index contributed by atoms with van der Waals surface area (Å²) in [6.07, 6.45) is 8.21. The van der Waals surface area contributed by atoms with Gasteiger partial charge in [0, 0.05) is 12.1 Å². The Labute approximate surface area is 180 Å². The van der Waals surface area contributed by atoms with Crippen LogP contribution in [0.2, 0.25) is 0 Å². The Morgan fingerprint density at radius 3 is 2.37 bits per heavy atom. The molecule has 3 aromatic rings. The number of hydrogen-bond acceptors (Lipinski definition) is 2. The van der Waals surface area contributed by atoms with E-state index in [1.807, 2.05) is 36.4 Å². The summed E-state index contributed by atoms with van der Waals surface area (Å²) in [5.41, 5.74) is 7.59. The highest BCUT2D eigenvalue weighted by Crippen LogP contribution is 2.27. The molecule has 30 heavy (non-hydrogen) atoms. The molecule has 0 spiro atoms. The smallest absolute Gasteiger partial charge is 0.100 e. The lowest BCUT2D eigenvalue weighted by atomic mass is 9.95. The van der Waals surface area contributed by atoms with Crippen LogP contribution in [0, 0.1) is 18.3 Å². The van der Waals surface area contributed by atoms with Gasteiger partial charge in [-0.25, -0.2) is 0 Å². The first-order valence-corrected chi connectivity index (χ1v) is 10.8. The molecule has 1 aliphatic heterocycles. The summed E-state index contributed by atoms with van der Waals surface area (Å²) in [4.78, 5) is 2.56. The van der Waals surface area contributed by atoms with E-state index < -0.39 is 0 Å². The molecule has 0 aromatic heterocycles. The van der Waals surface area contributed by atoms with Gasteiger partial charge in [-0.1, -0.05) is 85.3 Å². The molecule has 2 heteroatoms. The predicted octanol–water partition coefficient (Wildman–Crippen LogP) is 6.69. The van der Waals surface area contributed by atoms with E-state index in [9.17, 15) is 5.26 Å². The fourth-order valence-corrected chi connectivity index (χ4v) is 4.27. The predicted molar refractivity (Wildman–Crippen MR) is 126 cm³/mol. The van der Waals surface area contributed by atoms with Gasteiger partial charge in [0.05, 0.1) is 5.56 Å². The molecule has 0 N–H and O–H groups in total. The van der Waals surface area contributed by atoms with E-state index in [1.165, 1.54) is 49.0 Å². The monoisotopic (exact) mass is 392 g/mol. The van der Waals surface area contributed by atoms with Crippen LogP contribution in [0.15, 0.2) is 66.7 Å². The van der Waals surface area contributed by atoms with E-state index in [1.54, 1.807) is 0 Å². The van der Waals surface area contributed by atoms with Crippen LogP contribution in [0.4, 0.5) is 0 Å². The first kappa shape index (κ1) is 20.1. The van der Waals surface area contributed by atoms with E-state index >= 15 is 0 Å². The molecule has 4 rings (SSSR count). The molecule has 0 radical (unpaired) electrons. The lowest BCUT2D eigenvalue weighted by molar-refractivity contribution is 0.221. The molecule has 0 bridgehead atoms. The summed E-state index contributed by atoms with van der Waals surface area (Å²) in [6.45, 7) is 5.65. The molecule has 1 aliphatic rings. The van der Waals surface area contributed by atoms with E-state index in [0.717, 1.165) is 28.8 Å². The average Bonchev–Trinajstić information content (AvgIpc) is 2.79. The maximum Gasteiger partial charge on any atom is 0.100 e. The molecule has 0 unspecified atom stereocenters. The van der Waals surface area contributed by atoms with Crippen LogP contribution in [-0.2, 0) is 6.54 Å². The SMILES string of the molecule is Cc1cc(CN2CCCCC2)ccc1/C=C/c1cccc(-c2ccccc2)c1C#N. The molecule has 0 saturated carbocycles. The molecular formula is C28H28N2. The van der Waals surface area contributed by atoms with Gasteiger partial charge < -0.3 is 0 Å². The fraction of sp³-hybridized carbons (Fsp3) is 0.250. The van der Waals surface area contributed by atoms with Crippen molar-refractivity contribution in [3.63, 3.8) is 0 Å².